The third-order valence-electron chi connectivity index (χ3n) is 21.6. The molecule has 103 heavy (non-hydrogen) atoms. The second-order valence-corrected chi connectivity index (χ2v) is 31.2. The largest absolute Gasteiger partial charge is 0.756 e. The number of ether oxygens (including phenoxy) is 4. The molecule has 586 valence electrons. The van der Waals surface area contributed by atoms with E-state index in [1.54, 1.807) is 11.2 Å². The van der Waals surface area contributed by atoms with Crippen LogP contribution in [0.3, 0.4) is 0 Å². The van der Waals surface area contributed by atoms with Gasteiger partial charge in [-0.1, -0.05) is 84.8 Å². The number of phosphoric ester groups is 1. The SMILES string of the molecule is COP(=O)([O-])OCCCCCCNC(=O)CCCCCN1C=C(C[C@H](NC(=O)[C@H](CCC(=O)[O-])CC(=O)[C@H](CCC(=O)[O-])NC(=O)CCNC(=O)CCNC(=O)O[C@H]2CCC3C(=CC[C@H]4C3CC(C)C3(C)C4CCC3[C@H](C)CCCC(C)C)C2)C(=O)CCCOCCOCCOCCC(C)=O)NN1. The highest BCUT2D eigenvalue weighted by Gasteiger charge is 2.59. The van der Waals surface area contributed by atoms with Crippen LogP contribution in [-0.2, 0) is 75.7 Å². The molecule has 5 rings (SSSR count). The molecule has 0 bridgehead atoms. The number of carboxylic acid groups (broad SMARTS) is 2. The number of amides is 5. The fourth-order valence-corrected chi connectivity index (χ4v) is 16.4. The average molecular weight is 1470 g/mol. The van der Waals surface area contributed by atoms with Gasteiger partial charge in [-0.15, -0.1) is 5.53 Å². The number of carboxylic acids is 2. The van der Waals surface area contributed by atoms with Gasteiger partial charge in [-0.3, -0.25) is 43.1 Å². The van der Waals surface area contributed by atoms with Gasteiger partial charge in [0.2, 0.25) is 23.6 Å². The normalized spacial score (nSPS) is 23.0. The number of hydrogen-bond donors (Lipinski definition) is 7. The Bertz CT molecular complexity index is 2830. The number of rotatable bonds is 55. The summed E-state index contributed by atoms with van der Waals surface area (Å²) in [6.45, 7) is 16.1. The average Bonchev–Trinajstić information content (AvgIpc) is 1.64. The molecule has 28 nitrogen and oxygen atoms in total. The van der Waals surface area contributed by atoms with E-state index >= 15 is 0 Å². The Morgan fingerprint density at radius 3 is 2.05 bits per heavy atom. The first-order valence-electron chi connectivity index (χ1n) is 38.1. The van der Waals surface area contributed by atoms with Gasteiger partial charge < -0.3 is 84.7 Å². The minimum absolute atomic E-state index is 0.0225. The number of phosphoric acid groups is 1. The Kier molecular flexibility index (Phi) is 40.0. The summed E-state index contributed by atoms with van der Waals surface area (Å²) in [6.07, 6.45) is 17.0. The number of unbranched alkanes of at least 4 members (excludes halogenated alkanes) is 5. The Morgan fingerprint density at radius 2 is 1.33 bits per heavy atom. The third-order valence-corrected chi connectivity index (χ3v) is 22.6. The van der Waals surface area contributed by atoms with Crippen LogP contribution < -0.4 is 52.7 Å². The molecular weight excluding hydrogens is 1350 g/mol. The lowest BCUT2D eigenvalue weighted by Crippen LogP contribution is -2.51. The summed E-state index contributed by atoms with van der Waals surface area (Å²) in [6, 6.07) is -2.67. The minimum Gasteiger partial charge on any atom is -0.756 e. The zero-order valence-corrected chi connectivity index (χ0v) is 63.3. The van der Waals surface area contributed by atoms with Gasteiger partial charge in [-0.2, -0.15) is 0 Å². The number of allylic oxidation sites excluding steroid dienone is 1. The molecule has 0 radical (unpaired) electrons. The zero-order chi connectivity index (χ0) is 75.3. The lowest BCUT2D eigenvalue weighted by Gasteiger charge is -2.57. The molecule has 0 saturated heterocycles. The van der Waals surface area contributed by atoms with Crippen molar-refractivity contribution >= 4 is 66.8 Å². The summed E-state index contributed by atoms with van der Waals surface area (Å²) in [5.41, 5.74) is 8.31. The molecule has 5 amide bonds. The van der Waals surface area contributed by atoms with Crippen LogP contribution in [-0.4, -0.2) is 162 Å². The lowest BCUT2D eigenvalue weighted by molar-refractivity contribution is -0.307. The van der Waals surface area contributed by atoms with Crippen LogP contribution in [0, 0.1) is 58.7 Å². The lowest BCUT2D eigenvalue weighted by atomic mass is 9.48. The number of carbonyl (C=O) groups excluding carboxylic acids is 10. The quantitative estimate of drug-likeness (QED) is 0.0215. The summed E-state index contributed by atoms with van der Waals surface area (Å²) in [4.78, 5) is 140. The van der Waals surface area contributed by atoms with Gasteiger partial charge in [0.05, 0.1) is 51.7 Å². The van der Waals surface area contributed by atoms with Crippen LogP contribution in [0.25, 0.3) is 0 Å². The van der Waals surface area contributed by atoms with Crippen molar-refractivity contribution in [1.82, 2.24) is 42.6 Å². The first-order chi connectivity index (χ1) is 49.2. The first kappa shape index (κ1) is 87.8. The topological polar surface area (TPSA) is 400 Å². The number of ketones is 3. The number of hydrazine groups is 2. The van der Waals surface area contributed by atoms with E-state index in [2.05, 4.69) is 82.8 Å². The second kappa shape index (κ2) is 46.9. The van der Waals surface area contributed by atoms with Crippen molar-refractivity contribution in [2.24, 2.45) is 58.7 Å². The molecule has 0 aromatic heterocycles. The Labute approximate surface area is 610 Å². The maximum Gasteiger partial charge on any atom is 0.407 e. The third kappa shape index (κ3) is 32.4. The van der Waals surface area contributed by atoms with Crippen LogP contribution in [0.1, 0.15) is 228 Å². The zero-order valence-electron chi connectivity index (χ0n) is 62.4. The van der Waals surface area contributed by atoms with Crippen LogP contribution in [0.4, 0.5) is 4.79 Å². The van der Waals surface area contributed by atoms with Gasteiger partial charge in [0.15, 0.2) is 11.6 Å². The van der Waals surface area contributed by atoms with Crippen LogP contribution in [0.15, 0.2) is 23.5 Å². The van der Waals surface area contributed by atoms with E-state index in [1.807, 2.05) is 0 Å². The van der Waals surface area contributed by atoms with Crippen molar-refractivity contribution in [3.05, 3.63) is 23.5 Å². The second-order valence-electron chi connectivity index (χ2n) is 29.7. The summed E-state index contributed by atoms with van der Waals surface area (Å²) < 4.78 is 42.7. The molecule has 0 aromatic rings. The molecule has 29 heteroatoms. The predicted molar refractivity (Wildman–Crippen MR) is 377 cm³/mol. The molecule has 3 fully saturated rings. The van der Waals surface area contributed by atoms with E-state index in [9.17, 15) is 67.6 Å². The highest BCUT2D eigenvalue weighted by atomic mass is 31.2. The van der Waals surface area contributed by atoms with E-state index in [0.717, 1.165) is 69.3 Å². The summed E-state index contributed by atoms with van der Waals surface area (Å²) in [7, 11) is -3.21. The van der Waals surface area contributed by atoms with Crippen LogP contribution in [0.2, 0.25) is 0 Å². The molecule has 7 N–H and O–H groups in total. The van der Waals surface area contributed by atoms with Gasteiger partial charge in [0.1, 0.15) is 11.9 Å². The fourth-order valence-electron chi connectivity index (χ4n) is 16.0. The molecule has 4 aliphatic carbocycles. The molecule has 0 aromatic carbocycles. The summed E-state index contributed by atoms with van der Waals surface area (Å²) in [5, 5.41) is 38.7. The first-order valence-corrected chi connectivity index (χ1v) is 39.6. The van der Waals surface area contributed by atoms with E-state index < -0.39 is 105 Å². The van der Waals surface area contributed by atoms with Gasteiger partial charge in [-0.25, -0.2) is 4.79 Å². The number of Topliss-reactive ketones (excluding diaryl/α,β-unsaturated/α-hetero) is 3. The number of hydrogen-bond acceptors (Lipinski definition) is 23. The van der Waals surface area contributed by atoms with Crippen molar-refractivity contribution in [3.8, 4) is 0 Å². The van der Waals surface area contributed by atoms with Crippen molar-refractivity contribution in [1.29, 1.82) is 0 Å². The van der Waals surface area contributed by atoms with E-state index in [4.69, 9.17) is 23.5 Å². The highest BCUT2D eigenvalue weighted by Crippen LogP contribution is 2.67. The van der Waals surface area contributed by atoms with Crippen molar-refractivity contribution in [2.45, 2.75) is 246 Å². The number of alkyl carbamates (subject to hydrolysis) is 1. The minimum atomic E-state index is -4.24. The molecule has 1 aliphatic heterocycles. The molecule has 1 heterocycles. The highest BCUT2D eigenvalue weighted by molar-refractivity contribution is 7.45. The number of fused-ring (bicyclic) bond motifs is 5. The molecule has 0 spiro atoms. The van der Waals surface area contributed by atoms with E-state index in [0.29, 0.717) is 113 Å². The fraction of sp³-hybridized carbons (Fsp3) is 0.811. The summed E-state index contributed by atoms with van der Waals surface area (Å²) >= 11 is 0. The molecular formula is C74H122N8O20P-3. The number of nitrogens with zero attached hydrogens (tertiary/aromatic N) is 1. The van der Waals surface area contributed by atoms with Gasteiger partial charge in [0.25, 0.3) is 7.82 Å². The van der Waals surface area contributed by atoms with E-state index in [1.165, 1.54) is 51.0 Å². The van der Waals surface area contributed by atoms with Gasteiger partial charge >= 0.3 is 6.09 Å². The molecule has 3 saturated carbocycles. The maximum atomic E-state index is 14.3. The maximum absolute atomic E-state index is 14.3. The summed E-state index contributed by atoms with van der Waals surface area (Å²) in [5.74, 6) is -2.22. The van der Waals surface area contributed by atoms with Gasteiger partial charge in [0, 0.05) is 121 Å². The van der Waals surface area contributed by atoms with Crippen molar-refractivity contribution < 1.29 is 95.6 Å². The molecule has 5 aliphatic rings. The number of aliphatic carboxylic acids is 2. The van der Waals surface area contributed by atoms with Crippen LogP contribution >= 0.6 is 7.82 Å². The molecule has 13 atom stereocenters. The Morgan fingerprint density at radius 1 is 0.660 bits per heavy atom. The van der Waals surface area contributed by atoms with E-state index in [-0.39, 0.29) is 89.4 Å². The monoisotopic (exact) mass is 1470 g/mol. The number of nitrogens with one attached hydrogen (secondary N) is 7. The Balaban J connectivity index is 1.07. The molecule has 7 unspecified atom stereocenters. The smallest absolute Gasteiger partial charge is 0.407 e. The Hall–Kier alpha value is -5.87. The van der Waals surface area contributed by atoms with Crippen LogP contribution in [0.5, 0.6) is 0 Å². The predicted octanol–water partition coefficient (Wildman–Crippen LogP) is 5.78. The van der Waals surface area contributed by atoms with Gasteiger partial charge in [-0.05, 0) is 156 Å². The van der Waals surface area contributed by atoms with Crippen molar-refractivity contribution in [2.75, 3.05) is 79.5 Å². The van der Waals surface area contributed by atoms with Crippen molar-refractivity contribution in [3.63, 3.8) is 0 Å². The number of carbonyl (C=O) groups is 10. The standard InChI is InChI=1S/C74H125N8O20P/c1-50(2)17-15-18-51(3)61-26-27-62-59-24-21-54-46-57(23-25-58(54)60(59)45-52(4)74(61,62)6)102-73(94)77-36-31-68(87)76-35-32-69(88)78-63(28-30-71(91)92)66(85)47-55(22-29-70(89)90)72(93)79-64(65(84)19-16-38-98-41-43-100-44-42-99-40-33-53(5)83)48-56-49-82(81-80-56)37-13-10-11-20-67(86)75-34-12-8-9-14-39-101-103(95,96)97-7/h21,49-52,55,57-64,80-81H,8-20,22-48H2,1-7H3,(H,75,86)(H,76,87)(H,77,94)(H,78,88)(H,79,93)(H,89,90)(H,91,92)(H,95,96)/p-3/t51-,52?,55-,57+,58?,59+,60?,61?,62?,63+,64+,74?/m1/s1.